The molecule has 33 heavy (non-hydrogen) atoms. The summed E-state index contributed by atoms with van der Waals surface area (Å²) in [6, 6.07) is 13.7. The Hall–Kier alpha value is -4.19. The normalized spacial score (nSPS) is 11.4. The number of fused-ring (bicyclic) bond motifs is 2. The predicted molar refractivity (Wildman–Crippen MR) is 135 cm³/mol. The number of methoxy groups -OCH3 is 2. The number of nitrogens with one attached hydrogen (secondary N) is 1. The van der Waals surface area contributed by atoms with Crippen LogP contribution in [0, 0.1) is 0 Å². The molecule has 2 aromatic carbocycles. The lowest BCUT2D eigenvalue weighted by molar-refractivity contribution is 0.356. The largest absolute Gasteiger partial charge is 0.493 e. The standard InChI is InChI=1S/C27H26N4O2/c1-5-9-18(6-2)13-15-29-26-21-16-23(32-3)24(33-4)17-22(21)30-27(31-26)20-12-7-10-19-11-8-14-28-25(19)20/h5-12,14,16-17H,1-2,13,15H2,3-4H3,(H,29,30,31)/b18-9+. The third kappa shape index (κ3) is 4.55. The highest BCUT2D eigenvalue weighted by Crippen LogP contribution is 2.36. The molecule has 0 unspecified atom stereocenters. The number of anilines is 1. The molecule has 2 aromatic heterocycles. The maximum atomic E-state index is 5.51. The number of allylic oxidation sites excluding steroid dienone is 3. The van der Waals surface area contributed by atoms with E-state index in [1.807, 2.05) is 54.6 Å². The number of nitrogens with zero attached hydrogens (tertiary/aromatic N) is 3. The van der Waals surface area contributed by atoms with Crippen LogP contribution in [0.4, 0.5) is 5.82 Å². The second-order valence-corrected chi connectivity index (χ2v) is 7.36. The average molecular weight is 439 g/mol. The lowest BCUT2D eigenvalue weighted by atomic mass is 10.1. The van der Waals surface area contributed by atoms with E-state index in [2.05, 4.69) is 23.5 Å². The Bertz CT molecular complexity index is 1360. The van der Waals surface area contributed by atoms with Gasteiger partial charge < -0.3 is 14.8 Å². The molecule has 0 aliphatic heterocycles. The number of hydrogen-bond acceptors (Lipinski definition) is 6. The molecular formula is C27H26N4O2. The number of benzene rings is 2. The van der Waals surface area contributed by atoms with Crippen molar-refractivity contribution < 1.29 is 9.47 Å². The van der Waals surface area contributed by atoms with Crippen LogP contribution in [0.15, 0.2) is 85.6 Å². The molecule has 0 amide bonds. The predicted octanol–water partition coefficient (Wildman–Crippen LogP) is 5.96. The van der Waals surface area contributed by atoms with Crippen molar-refractivity contribution in [2.45, 2.75) is 6.42 Å². The van der Waals surface area contributed by atoms with Crippen molar-refractivity contribution in [3.63, 3.8) is 0 Å². The summed E-state index contributed by atoms with van der Waals surface area (Å²) in [5.74, 6) is 2.53. The molecule has 0 saturated heterocycles. The molecule has 0 radical (unpaired) electrons. The molecule has 0 bridgehead atoms. The van der Waals surface area contributed by atoms with E-state index >= 15 is 0 Å². The summed E-state index contributed by atoms with van der Waals surface area (Å²) < 4.78 is 11.0. The Morgan fingerprint density at radius 3 is 2.58 bits per heavy atom. The minimum Gasteiger partial charge on any atom is -0.493 e. The van der Waals surface area contributed by atoms with E-state index in [0.717, 1.165) is 39.4 Å². The molecule has 4 rings (SSSR count). The fourth-order valence-electron chi connectivity index (χ4n) is 3.73. The molecule has 2 heterocycles. The zero-order valence-electron chi connectivity index (χ0n) is 18.8. The minimum absolute atomic E-state index is 0.590. The van der Waals surface area contributed by atoms with E-state index in [4.69, 9.17) is 19.4 Å². The van der Waals surface area contributed by atoms with Gasteiger partial charge in [-0.2, -0.15) is 0 Å². The van der Waals surface area contributed by atoms with Crippen molar-refractivity contribution in [3.05, 3.63) is 85.6 Å². The summed E-state index contributed by atoms with van der Waals surface area (Å²) >= 11 is 0. The average Bonchev–Trinajstić information content (AvgIpc) is 2.86. The molecule has 1 N–H and O–H groups in total. The van der Waals surface area contributed by atoms with Gasteiger partial charge in [0.1, 0.15) is 5.82 Å². The second-order valence-electron chi connectivity index (χ2n) is 7.36. The Morgan fingerprint density at radius 1 is 1.03 bits per heavy atom. The molecular weight excluding hydrogens is 412 g/mol. The Balaban J connectivity index is 1.85. The Morgan fingerprint density at radius 2 is 1.82 bits per heavy atom. The Labute approximate surface area is 193 Å². The van der Waals surface area contributed by atoms with Gasteiger partial charge >= 0.3 is 0 Å². The fourth-order valence-corrected chi connectivity index (χ4v) is 3.73. The van der Waals surface area contributed by atoms with Crippen LogP contribution >= 0.6 is 0 Å². The van der Waals surface area contributed by atoms with E-state index in [9.17, 15) is 0 Å². The highest BCUT2D eigenvalue weighted by molar-refractivity contribution is 5.96. The van der Waals surface area contributed by atoms with Gasteiger partial charge in [-0.3, -0.25) is 4.98 Å². The zero-order chi connectivity index (χ0) is 23.2. The lowest BCUT2D eigenvalue weighted by Crippen LogP contribution is -2.07. The summed E-state index contributed by atoms with van der Waals surface area (Å²) in [6.45, 7) is 8.30. The van der Waals surface area contributed by atoms with Crippen LogP contribution in [-0.2, 0) is 0 Å². The van der Waals surface area contributed by atoms with Crippen molar-refractivity contribution in [1.29, 1.82) is 0 Å². The Kier molecular flexibility index (Phi) is 6.64. The third-order valence-corrected chi connectivity index (χ3v) is 5.37. The topological polar surface area (TPSA) is 69.2 Å². The van der Waals surface area contributed by atoms with Crippen molar-refractivity contribution in [1.82, 2.24) is 15.0 Å². The molecule has 6 heteroatoms. The first kappa shape index (κ1) is 22.0. The van der Waals surface area contributed by atoms with E-state index in [1.165, 1.54) is 0 Å². The summed E-state index contributed by atoms with van der Waals surface area (Å²) in [7, 11) is 3.23. The quantitative estimate of drug-likeness (QED) is 0.325. The highest BCUT2D eigenvalue weighted by atomic mass is 16.5. The molecule has 0 spiro atoms. The zero-order valence-corrected chi connectivity index (χ0v) is 18.8. The van der Waals surface area contributed by atoms with Crippen LogP contribution in [-0.4, -0.2) is 35.7 Å². The van der Waals surface area contributed by atoms with Gasteiger partial charge in [-0.1, -0.05) is 49.6 Å². The summed E-state index contributed by atoms with van der Waals surface area (Å²) in [6.07, 6.45) is 8.11. The van der Waals surface area contributed by atoms with E-state index in [1.54, 1.807) is 26.5 Å². The van der Waals surface area contributed by atoms with Gasteiger partial charge in [0.15, 0.2) is 17.3 Å². The molecule has 0 atom stereocenters. The molecule has 4 aromatic rings. The van der Waals surface area contributed by atoms with Crippen molar-refractivity contribution in [2.24, 2.45) is 0 Å². The van der Waals surface area contributed by atoms with Gasteiger partial charge in [-0.05, 0) is 30.2 Å². The second kappa shape index (κ2) is 9.96. The summed E-state index contributed by atoms with van der Waals surface area (Å²) in [5.41, 5.74) is 3.56. The number of rotatable bonds is 9. The van der Waals surface area contributed by atoms with Crippen LogP contribution in [0.25, 0.3) is 33.2 Å². The molecule has 0 aliphatic rings. The van der Waals surface area contributed by atoms with Gasteiger partial charge in [0.05, 0.1) is 25.3 Å². The van der Waals surface area contributed by atoms with Crippen LogP contribution in [0.1, 0.15) is 6.42 Å². The van der Waals surface area contributed by atoms with Crippen LogP contribution in [0.3, 0.4) is 0 Å². The third-order valence-electron chi connectivity index (χ3n) is 5.37. The maximum absolute atomic E-state index is 5.51. The highest BCUT2D eigenvalue weighted by Gasteiger charge is 2.16. The van der Waals surface area contributed by atoms with Crippen LogP contribution < -0.4 is 14.8 Å². The fraction of sp³-hybridized carbons (Fsp3) is 0.148. The number of ether oxygens (including phenoxy) is 2. The van der Waals surface area contributed by atoms with E-state index < -0.39 is 0 Å². The molecule has 6 nitrogen and oxygen atoms in total. The first-order valence-corrected chi connectivity index (χ1v) is 10.6. The summed E-state index contributed by atoms with van der Waals surface area (Å²) in [4.78, 5) is 14.3. The van der Waals surface area contributed by atoms with Crippen molar-refractivity contribution >= 4 is 27.6 Å². The smallest absolute Gasteiger partial charge is 0.164 e. The van der Waals surface area contributed by atoms with Crippen molar-refractivity contribution in [2.75, 3.05) is 26.1 Å². The summed E-state index contributed by atoms with van der Waals surface area (Å²) in [5, 5.41) is 5.34. The van der Waals surface area contributed by atoms with Gasteiger partial charge in [0.2, 0.25) is 0 Å². The van der Waals surface area contributed by atoms with Crippen LogP contribution in [0.2, 0.25) is 0 Å². The lowest BCUT2D eigenvalue weighted by Gasteiger charge is -2.14. The number of para-hydroxylation sites is 1. The van der Waals surface area contributed by atoms with Gasteiger partial charge in [-0.25, -0.2) is 9.97 Å². The first-order valence-electron chi connectivity index (χ1n) is 10.6. The molecule has 0 fully saturated rings. The molecule has 0 saturated carbocycles. The molecule has 0 aliphatic carbocycles. The number of aromatic nitrogens is 3. The van der Waals surface area contributed by atoms with Gasteiger partial charge in [0, 0.05) is 35.1 Å². The maximum Gasteiger partial charge on any atom is 0.164 e. The van der Waals surface area contributed by atoms with Crippen LogP contribution in [0.5, 0.6) is 11.5 Å². The number of pyridine rings is 1. The van der Waals surface area contributed by atoms with E-state index in [0.29, 0.717) is 29.7 Å². The van der Waals surface area contributed by atoms with Gasteiger partial charge in [0.25, 0.3) is 0 Å². The minimum atomic E-state index is 0.590. The van der Waals surface area contributed by atoms with Crippen molar-refractivity contribution in [3.8, 4) is 22.9 Å². The molecule has 166 valence electrons. The first-order chi connectivity index (χ1) is 16.2. The van der Waals surface area contributed by atoms with Gasteiger partial charge in [-0.15, -0.1) is 0 Å². The number of hydrogen-bond donors (Lipinski definition) is 1. The SMILES string of the molecule is C=C/C=C(\C=C)CCNc1nc(-c2cccc3cccnc23)nc2cc(OC)c(OC)cc12. The monoisotopic (exact) mass is 438 g/mol. The van der Waals surface area contributed by atoms with E-state index in [-0.39, 0.29) is 0 Å².